The van der Waals surface area contributed by atoms with Gasteiger partial charge < -0.3 is 138 Å². The highest BCUT2D eigenvalue weighted by molar-refractivity contribution is 14.1. The van der Waals surface area contributed by atoms with Gasteiger partial charge in [-0.1, -0.05) is 104 Å². The van der Waals surface area contributed by atoms with Crippen LogP contribution < -0.4 is 41.8 Å². The molecule has 12 N–H and O–H groups in total. The summed E-state index contributed by atoms with van der Waals surface area (Å²) in [6, 6.07) is -3.14. The van der Waals surface area contributed by atoms with Crippen molar-refractivity contribution >= 4 is 108 Å². The summed E-state index contributed by atoms with van der Waals surface area (Å²) >= 11 is 2.80. The number of aliphatic hydroxyl groups excluding tert-OH is 4. The molecule has 4 fully saturated rings. The molecule has 2 aliphatic carbocycles. The van der Waals surface area contributed by atoms with Crippen LogP contribution in [0, 0.1) is 51.9 Å². The van der Waals surface area contributed by atoms with E-state index in [0.29, 0.717) is 165 Å². The van der Waals surface area contributed by atoms with Gasteiger partial charge in [0.05, 0.1) is 176 Å². The molecule has 0 unspecified atom stereocenters. The topological polar surface area (TPSA) is 522 Å². The maximum absolute atomic E-state index is 14.7. The fourth-order valence-corrected chi connectivity index (χ4v) is 20.8. The number of allylic oxidation sites excluding steroid dienone is 3. The molecule has 1 aromatic rings. The highest BCUT2D eigenvalue weighted by atomic mass is 127. The number of urea groups is 1. The molecule has 0 radical (unpaired) electrons. The van der Waals surface area contributed by atoms with Crippen molar-refractivity contribution < 1.29 is 159 Å². The van der Waals surface area contributed by atoms with Gasteiger partial charge in [-0.2, -0.15) is 5.48 Å². The number of ketones is 6. The van der Waals surface area contributed by atoms with Gasteiger partial charge in [0, 0.05) is 118 Å². The van der Waals surface area contributed by atoms with Crippen LogP contribution in [0.3, 0.4) is 0 Å². The third kappa shape index (κ3) is 39.3. The van der Waals surface area contributed by atoms with Crippen LogP contribution in [0.15, 0.2) is 34.9 Å². The first-order chi connectivity index (χ1) is 68.0. The number of fused-ring (bicyclic) bond motifs is 2. The van der Waals surface area contributed by atoms with E-state index in [2.05, 4.69) is 39.8 Å². The van der Waals surface area contributed by atoms with Crippen molar-refractivity contribution in [3.05, 3.63) is 49.6 Å². The second kappa shape index (κ2) is 65.2. The van der Waals surface area contributed by atoms with Crippen molar-refractivity contribution in [2.75, 3.05) is 159 Å². The average molecular weight is 2180 g/mol. The number of thioether (sulfide) groups is 1. The van der Waals surface area contributed by atoms with E-state index in [9.17, 15) is 68.7 Å². The van der Waals surface area contributed by atoms with Crippen LogP contribution in [0.4, 0.5) is 4.79 Å². The van der Waals surface area contributed by atoms with Crippen LogP contribution in [-0.4, -0.2) is 368 Å². The summed E-state index contributed by atoms with van der Waals surface area (Å²) in [5.41, 5.74) is 12.7. The second-order valence-electron chi connectivity index (χ2n) is 36.2. The zero-order valence-corrected chi connectivity index (χ0v) is 89.2. The van der Waals surface area contributed by atoms with Gasteiger partial charge in [0.1, 0.15) is 59.8 Å². The zero-order valence-electron chi connectivity index (χ0n) is 84.6. The SMILES string of the molecule is CCN(CC(=O)CCCOCCOCCOCCOCCOCCOCCOCCCC(=O)[C@H](CCCNC(N)=O)CC(=O)[C@@H](NC(=O)[C@H](CCCCN)CC(C)=O)C(C)C)[C@H]1CO[C@@H](O[C@H]2[C@H](O[C@H]3C#C/C=C\C#C[C@]4(O)CC(=O)C(CC(C)=O)=C3/C4=C\CSSC(C)C)O[C@H](C)[C@@H](NO[C@H]3C[C@H](O)[C@H](SC(=O)c4c(C)c(I)c(O[C@@H]5O[C@@H](C)[C@H](O)[C@@H](OC)[C@H]5O)c(OC)c4OC)[C@@H](C)O3)[C@@H]2O)C[C@@H]1OC. The van der Waals surface area contributed by atoms with Crippen LogP contribution in [0.25, 0.3) is 0 Å². The maximum Gasteiger partial charge on any atom is 0.312 e. The lowest BCUT2D eigenvalue weighted by Crippen LogP contribution is -2.65. The van der Waals surface area contributed by atoms with Crippen LogP contribution in [-0.2, 0) is 109 Å². The van der Waals surface area contributed by atoms with Crippen LogP contribution in [0.2, 0.25) is 0 Å². The number of likely N-dealkylation sites (N-methyl/N-ethyl adjacent to an activating group) is 1. The van der Waals surface area contributed by atoms with E-state index in [4.69, 9.17) is 102 Å². The number of halogens is 1. The summed E-state index contributed by atoms with van der Waals surface area (Å²) in [7, 11) is 8.71. The third-order valence-corrected chi connectivity index (χ3v) is 30.1. The number of nitrogens with two attached hydrogens (primary N) is 2. The lowest BCUT2D eigenvalue weighted by atomic mass is 9.72. The molecule has 142 heavy (non-hydrogen) atoms. The first-order valence-electron chi connectivity index (χ1n) is 48.9. The number of benzene rings is 1. The lowest BCUT2D eigenvalue weighted by molar-refractivity contribution is -0.337. The van der Waals surface area contributed by atoms with E-state index in [-0.39, 0.29) is 150 Å². The quantitative estimate of drug-likeness (QED) is 0.0111. The molecule has 4 aliphatic heterocycles. The Balaban J connectivity index is 0.847. The van der Waals surface area contributed by atoms with Gasteiger partial charge in [-0.3, -0.25) is 43.3 Å². The number of primary amides is 1. The number of amides is 3. The average Bonchev–Trinajstić information content (AvgIpc) is 0.747. The summed E-state index contributed by atoms with van der Waals surface area (Å²) in [4.78, 5) is 128. The third-order valence-electron chi connectivity index (χ3n) is 24.6. The number of unbranched alkanes of at least 4 members (excludes halogenated alkanes) is 1. The van der Waals surface area contributed by atoms with E-state index < -0.39 is 156 Å². The second-order valence-corrected chi connectivity index (χ2v) is 41.4. The van der Waals surface area contributed by atoms with Crippen molar-refractivity contribution in [2.24, 2.45) is 29.2 Å². The number of rotatable bonds is 68. The molecule has 1 aromatic carbocycles. The minimum atomic E-state index is -2.05. The molecule has 43 heteroatoms. The molecule has 2 bridgehead atoms. The highest BCUT2D eigenvalue weighted by Crippen LogP contribution is 2.50. The van der Waals surface area contributed by atoms with E-state index in [0.717, 1.165) is 11.8 Å². The molecule has 802 valence electrons. The fourth-order valence-electron chi connectivity index (χ4n) is 17.2. The maximum atomic E-state index is 14.7. The molecule has 7 rings (SSSR count). The Morgan fingerprint density at radius 3 is 1.87 bits per heavy atom. The van der Waals surface area contributed by atoms with Crippen LogP contribution >= 0.6 is 55.9 Å². The first kappa shape index (κ1) is 123. The number of hydroxylamine groups is 1. The summed E-state index contributed by atoms with van der Waals surface area (Å²) in [6.07, 6.45) is -10.2. The Hall–Kier alpha value is -5.79. The number of carbonyl (C=O) groups excluding carboxylic acids is 9. The van der Waals surface area contributed by atoms with Crippen molar-refractivity contribution in [1.82, 2.24) is 21.0 Å². The minimum Gasteiger partial charge on any atom is -0.492 e. The van der Waals surface area contributed by atoms with E-state index >= 15 is 0 Å². The minimum absolute atomic E-state index is 0.00440. The lowest BCUT2D eigenvalue weighted by Gasteiger charge is -2.47. The number of aliphatic hydroxyl groups is 5. The van der Waals surface area contributed by atoms with E-state index in [1.54, 1.807) is 51.7 Å². The normalized spacial score (nSPS) is 26.8. The van der Waals surface area contributed by atoms with Gasteiger partial charge in [-0.05, 0) is 139 Å². The molecule has 4 heterocycles. The number of nitrogens with one attached hydrogen (secondary N) is 3. The summed E-state index contributed by atoms with van der Waals surface area (Å²) in [6.45, 7) is 24.9. The van der Waals surface area contributed by atoms with Crippen molar-refractivity contribution in [3.63, 3.8) is 0 Å². The molecule has 3 amide bonds. The molecule has 0 saturated carbocycles. The van der Waals surface area contributed by atoms with Gasteiger partial charge in [-0.15, -0.1) is 0 Å². The number of hydrogen-bond acceptors (Lipinski definition) is 39. The van der Waals surface area contributed by atoms with Crippen molar-refractivity contribution in [2.45, 2.75) is 299 Å². The Bertz CT molecular complexity index is 4370. The summed E-state index contributed by atoms with van der Waals surface area (Å²) < 4.78 is 109. The Morgan fingerprint density at radius 2 is 1.30 bits per heavy atom. The Morgan fingerprint density at radius 1 is 0.683 bits per heavy atom. The number of Topliss-reactive ketones (excluding diaryl/α,β-unsaturated/α-hetero) is 6. The number of ether oxygens (including phenoxy) is 18. The van der Waals surface area contributed by atoms with E-state index in [1.807, 2.05) is 62.1 Å². The van der Waals surface area contributed by atoms with Gasteiger partial charge in [0.15, 0.2) is 47.5 Å². The fraction of sp³-hybridized carbons (Fsp3) is 0.747. The smallest absolute Gasteiger partial charge is 0.312 e. The van der Waals surface area contributed by atoms with Crippen molar-refractivity contribution in [3.8, 4) is 40.9 Å². The van der Waals surface area contributed by atoms with Gasteiger partial charge in [0.25, 0.3) is 0 Å². The van der Waals surface area contributed by atoms with Gasteiger partial charge in [0.2, 0.25) is 23.1 Å². The first-order valence-corrected chi connectivity index (χ1v) is 53.2. The van der Waals surface area contributed by atoms with Crippen molar-refractivity contribution in [1.29, 1.82) is 0 Å². The standard InChI is InChI=1S/C99H153IN6O33S3/c1-16-106(56-68(109)28-24-35-125-37-39-127-41-43-129-45-47-131-48-46-130-44-42-128-40-38-126-36-25-29-72(110)66(27-23-34-103-98(102)119)52-73(111)83(58(2)3)104-94(117)67(50-60(6)107)26-20-22-33-101)71-57-132-78(54-77(71)121-12)137-91-86(115)84(63(9)134-97(91)136-76-30-19-17-18-21-32-99(120)55-75(113)69(51-61(7)108)81(76)70(99)31-49-140-142-59(4)5)105-139-79-53-74(112)93(65(11)133-79)141-95(118)80-62(8)82(100)89(92(124-15)88(80)122-13)138-96-87(116)90(123-14)85(114)64(10)135-96/h17-18,31,58-59,63-67,71,74,76-79,83-87,90-91,93,96-97,105,112,114-116,120H,16,20,22-29,33-57,101H2,1-15H3,(H,104,117)(H3,102,103,119)/b18-17-,70-31+/t63-,64+,65-,66-,67-,71+,74+,76+,77+,78+,79+,83+,84-,85+,86+,87-,90-,91-,93-,96+,97+,99+/m1/s1. The molecule has 0 aromatic heterocycles. The predicted molar refractivity (Wildman–Crippen MR) is 537 cm³/mol. The molecule has 39 nitrogen and oxygen atoms in total. The Labute approximate surface area is 860 Å². The highest BCUT2D eigenvalue weighted by Gasteiger charge is 2.53. The zero-order chi connectivity index (χ0) is 104. The molecular weight excluding hydrogens is 2020 g/mol. The monoisotopic (exact) mass is 2180 g/mol. The number of nitrogens with zero attached hydrogens (tertiary/aromatic N) is 1. The summed E-state index contributed by atoms with van der Waals surface area (Å²) in [5, 5.41) is 63.5. The van der Waals surface area contributed by atoms with Crippen LogP contribution in [0.5, 0.6) is 17.2 Å². The molecule has 22 atom stereocenters. The number of methoxy groups -OCH3 is 4. The van der Waals surface area contributed by atoms with Gasteiger partial charge >= 0.3 is 6.03 Å². The molecule has 6 aliphatic rings. The molecule has 0 spiro atoms. The van der Waals surface area contributed by atoms with E-state index in [1.165, 1.54) is 58.1 Å². The largest absolute Gasteiger partial charge is 0.492 e. The summed E-state index contributed by atoms with van der Waals surface area (Å²) in [5.74, 6) is 8.89. The molecular formula is C99H153IN6O33S3. The Kier molecular flexibility index (Phi) is 56.6. The molecule has 4 saturated heterocycles. The number of hydrogen-bond donors (Lipinski definition) is 10. The number of carbonyl (C=O) groups is 9. The van der Waals surface area contributed by atoms with Crippen LogP contribution in [0.1, 0.15) is 181 Å². The predicted octanol–water partition coefficient (Wildman–Crippen LogP) is 6.41. The van der Waals surface area contributed by atoms with Gasteiger partial charge in [-0.25, -0.2) is 4.79 Å².